The number of hydrogen-bond donors (Lipinski definition) is 3. The van der Waals surface area contributed by atoms with Gasteiger partial charge >= 0.3 is 0 Å². The molecule has 0 aliphatic carbocycles. The zero-order valence-electron chi connectivity index (χ0n) is 13.9. The second kappa shape index (κ2) is 6.43. The van der Waals surface area contributed by atoms with Crippen LogP contribution in [-0.2, 0) is 26.2 Å². The number of fused-ring (bicyclic) bond motifs is 1. The van der Waals surface area contributed by atoms with Crippen molar-refractivity contribution >= 4 is 27.5 Å². The molecule has 0 saturated carbocycles. The van der Waals surface area contributed by atoms with Gasteiger partial charge in [0, 0.05) is 6.54 Å². The summed E-state index contributed by atoms with van der Waals surface area (Å²) in [5, 5.41) is 10.3. The SMILES string of the molecule is CC1(C(=O)NCc2ccc(S(N)(=O)=O)cc2)Oc2ccccc2NC1=O. The molecule has 2 aromatic carbocycles. The van der Waals surface area contributed by atoms with Gasteiger partial charge in [-0.2, -0.15) is 0 Å². The zero-order valence-corrected chi connectivity index (χ0v) is 14.7. The van der Waals surface area contributed by atoms with E-state index < -0.39 is 27.4 Å². The summed E-state index contributed by atoms with van der Waals surface area (Å²) >= 11 is 0. The van der Waals surface area contributed by atoms with Crippen molar-refractivity contribution in [2.75, 3.05) is 5.32 Å². The molecule has 1 unspecified atom stereocenters. The Bertz CT molecular complexity index is 972. The van der Waals surface area contributed by atoms with Crippen LogP contribution in [0.2, 0.25) is 0 Å². The van der Waals surface area contributed by atoms with E-state index in [1.807, 2.05) is 0 Å². The van der Waals surface area contributed by atoms with Crippen LogP contribution in [0, 0.1) is 0 Å². The molecule has 3 rings (SSSR count). The largest absolute Gasteiger partial charge is 0.466 e. The van der Waals surface area contributed by atoms with E-state index in [0.717, 1.165) is 0 Å². The fourth-order valence-electron chi connectivity index (χ4n) is 2.46. The fraction of sp³-hybridized carbons (Fsp3) is 0.176. The van der Waals surface area contributed by atoms with Crippen LogP contribution < -0.4 is 20.5 Å². The van der Waals surface area contributed by atoms with Crippen LogP contribution in [0.5, 0.6) is 5.75 Å². The van der Waals surface area contributed by atoms with Crippen LogP contribution >= 0.6 is 0 Å². The highest BCUT2D eigenvalue weighted by Gasteiger charge is 2.47. The molecule has 0 fully saturated rings. The highest BCUT2D eigenvalue weighted by Crippen LogP contribution is 2.33. The molecule has 0 aromatic heterocycles. The molecule has 2 amide bonds. The smallest absolute Gasteiger partial charge is 0.278 e. The Balaban J connectivity index is 1.71. The molecule has 0 spiro atoms. The first-order chi connectivity index (χ1) is 12.2. The van der Waals surface area contributed by atoms with Gasteiger partial charge in [-0.1, -0.05) is 24.3 Å². The number of carbonyl (C=O) groups is 2. The molecule has 9 heteroatoms. The Morgan fingerprint density at radius 3 is 2.50 bits per heavy atom. The van der Waals surface area contributed by atoms with Gasteiger partial charge in [-0.05, 0) is 36.8 Å². The number of sulfonamides is 1. The van der Waals surface area contributed by atoms with Crippen molar-refractivity contribution in [2.24, 2.45) is 5.14 Å². The molecule has 0 radical (unpaired) electrons. The van der Waals surface area contributed by atoms with Crippen molar-refractivity contribution in [1.82, 2.24) is 5.32 Å². The molecule has 2 aromatic rings. The van der Waals surface area contributed by atoms with E-state index in [1.54, 1.807) is 24.3 Å². The summed E-state index contributed by atoms with van der Waals surface area (Å²) < 4.78 is 28.1. The first-order valence-electron chi connectivity index (χ1n) is 7.70. The maximum Gasteiger partial charge on any atom is 0.278 e. The van der Waals surface area contributed by atoms with Gasteiger partial charge in [-0.3, -0.25) is 9.59 Å². The normalized spacial score (nSPS) is 19.1. The lowest BCUT2D eigenvalue weighted by atomic mass is 10.0. The standard InChI is InChI=1S/C17H17N3O5S/c1-17(16(22)20-13-4-2-3-5-14(13)25-17)15(21)19-10-11-6-8-12(9-7-11)26(18,23)24/h2-9H,10H2,1H3,(H,19,21)(H,20,22)(H2,18,23,24). The number of primary sulfonamides is 1. The average molecular weight is 375 g/mol. The van der Waals surface area contributed by atoms with E-state index in [4.69, 9.17) is 9.88 Å². The molecule has 4 N–H and O–H groups in total. The van der Waals surface area contributed by atoms with Crippen molar-refractivity contribution in [2.45, 2.75) is 24.0 Å². The Kier molecular flexibility index (Phi) is 4.43. The van der Waals surface area contributed by atoms with Crippen molar-refractivity contribution in [1.29, 1.82) is 0 Å². The van der Waals surface area contributed by atoms with Gasteiger partial charge in [0.25, 0.3) is 17.4 Å². The minimum Gasteiger partial charge on any atom is -0.466 e. The van der Waals surface area contributed by atoms with Crippen molar-refractivity contribution in [3.63, 3.8) is 0 Å². The summed E-state index contributed by atoms with van der Waals surface area (Å²) in [6.45, 7) is 1.48. The van der Waals surface area contributed by atoms with E-state index in [2.05, 4.69) is 10.6 Å². The lowest BCUT2D eigenvalue weighted by Gasteiger charge is -2.33. The number of amides is 2. The number of benzene rings is 2. The first-order valence-corrected chi connectivity index (χ1v) is 9.24. The molecule has 1 aliphatic heterocycles. The molecule has 8 nitrogen and oxygen atoms in total. The van der Waals surface area contributed by atoms with Gasteiger partial charge in [-0.15, -0.1) is 0 Å². The Hall–Kier alpha value is -2.91. The van der Waals surface area contributed by atoms with E-state index in [0.29, 0.717) is 17.0 Å². The minimum absolute atomic E-state index is 0.0221. The molecule has 0 saturated heterocycles. The number of ether oxygens (including phenoxy) is 1. The monoisotopic (exact) mass is 375 g/mol. The second-order valence-electron chi connectivity index (χ2n) is 5.96. The number of carbonyl (C=O) groups excluding carboxylic acids is 2. The van der Waals surface area contributed by atoms with Gasteiger partial charge in [-0.25, -0.2) is 13.6 Å². The van der Waals surface area contributed by atoms with Gasteiger partial charge in [0.15, 0.2) is 0 Å². The molecule has 1 atom stereocenters. The quantitative estimate of drug-likeness (QED) is 0.679. The Morgan fingerprint density at radius 2 is 1.85 bits per heavy atom. The zero-order chi connectivity index (χ0) is 18.9. The van der Waals surface area contributed by atoms with Gasteiger partial charge < -0.3 is 15.4 Å². The molecule has 1 heterocycles. The number of rotatable bonds is 4. The number of para-hydroxylation sites is 2. The van der Waals surface area contributed by atoms with Crippen LogP contribution in [0.25, 0.3) is 0 Å². The van der Waals surface area contributed by atoms with Crippen LogP contribution in [0.3, 0.4) is 0 Å². The summed E-state index contributed by atoms with van der Waals surface area (Å²) in [4.78, 5) is 24.8. The summed E-state index contributed by atoms with van der Waals surface area (Å²) in [5.74, 6) is -0.777. The van der Waals surface area contributed by atoms with Crippen LogP contribution in [0.4, 0.5) is 5.69 Å². The third-order valence-corrected chi connectivity index (χ3v) is 4.95. The van der Waals surface area contributed by atoms with Gasteiger partial charge in [0.2, 0.25) is 10.0 Å². The molecule has 26 heavy (non-hydrogen) atoms. The second-order valence-corrected chi connectivity index (χ2v) is 7.52. The number of nitrogens with one attached hydrogen (secondary N) is 2. The molecule has 136 valence electrons. The lowest BCUT2D eigenvalue weighted by molar-refractivity contribution is -0.146. The minimum atomic E-state index is -3.77. The number of nitrogens with two attached hydrogens (primary N) is 1. The predicted octanol–water partition coefficient (Wildman–Crippen LogP) is 0.740. The Labute approximate surface area is 150 Å². The van der Waals surface area contributed by atoms with Crippen LogP contribution in [0.15, 0.2) is 53.4 Å². The maximum atomic E-state index is 12.5. The van der Waals surface area contributed by atoms with Crippen LogP contribution in [0.1, 0.15) is 12.5 Å². The predicted molar refractivity (Wildman–Crippen MR) is 93.8 cm³/mol. The van der Waals surface area contributed by atoms with Crippen molar-refractivity contribution in [3.05, 3.63) is 54.1 Å². The van der Waals surface area contributed by atoms with Crippen LogP contribution in [-0.4, -0.2) is 25.8 Å². The molecule has 1 aliphatic rings. The third-order valence-electron chi connectivity index (χ3n) is 4.02. The highest BCUT2D eigenvalue weighted by atomic mass is 32.2. The number of anilines is 1. The van der Waals surface area contributed by atoms with Crippen molar-refractivity contribution in [3.8, 4) is 5.75 Å². The summed E-state index contributed by atoms with van der Waals surface area (Å²) in [7, 11) is -3.77. The van der Waals surface area contributed by atoms with E-state index in [9.17, 15) is 18.0 Å². The fourth-order valence-corrected chi connectivity index (χ4v) is 2.98. The molecular formula is C17H17N3O5S. The number of hydrogen-bond acceptors (Lipinski definition) is 5. The van der Waals surface area contributed by atoms with E-state index in [1.165, 1.54) is 31.2 Å². The van der Waals surface area contributed by atoms with Gasteiger partial charge in [0.1, 0.15) is 5.75 Å². The Morgan fingerprint density at radius 1 is 1.19 bits per heavy atom. The molecule has 0 bridgehead atoms. The highest BCUT2D eigenvalue weighted by molar-refractivity contribution is 7.89. The van der Waals surface area contributed by atoms with E-state index in [-0.39, 0.29) is 11.4 Å². The molecular weight excluding hydrogens is 358 g/mol. The van der Waals surface area contributed by atoms with Gasteiger partial charge in [0.05, 0.1) is 10.6 Å². The average Bonchev–Trinajstić information content (AvgIpc) is 2.60. The summed E-state index contributed by atoms with van der Waals surface area (Å²) in [6.07, 6.45) is 0. The third kappa shape index (κ3) is 3.39. The maximum absolute atomic E-state index is 12.5. The first kappa shape index (κ1) is 17.9. The van der Waals surface area contributed by atoms with Crippen molar-refractivity contribution < 1.29 is 22.7 Å². The summed E-state index contributed by atoms with van der Waals surface area (Å²) in [6, 6.07) is 12.6. The summed E-state index contributed by atoms with van der Waals surface area (Å²) in [5.41, 5.74) is -0.568. The topological polar surface area (TPSA) is 128 Å². The van der Waals surface area contributed by atoms with E-state index >= 15 is 0 Å². The lowest BCUT2D eigenvalue weighted by Crippen LogP contribution is -2.58.